The van der Waals surface area contributed by atoms with E-state index in [9.17, 15) is 28.7 Å². The lowest BCUT2D eigenvalue weighted by atomic mass is 9.97. The van der Waals surface area contributed by atoms with E-state index in [-0.39, 0.29) is 18.8 Å². The molecular weight excluding hydrogens is 669 g/mol. The zero-order valence-electron chi connectivity index (χ0n) is 29.0. The summed E-state index contributed by atoms with van der Waals surface area (Å²) in [6.45, 7) is 5.73. The molecule has 0 unspecified atom stereocenters. The van der Waals surface area contributed by atoms with E-state index in [1.54, 1.807) is 48.5 Å². The Hall–Kier alpha value is -4.96. The molecule has 0 bridgehead atoms. The largest absolute Gasteiger partial charge is 0.489 e. The van der Waals surface area contributed by atoms with Gasteiger partial charge < -0.3 is 35.2 Å². The van der Waals surface area contributed by atoms with Gasteiger partial charge in [0.25, 0.3) is 0 Å². The molecule has 0 aromatic heterocycles. The van der Waals surface area contributed by atoms with Crippen LogP contribution in [0, 0.1) is 5.92 Å². The summed E-state index contributed by atoms with van der Waals surface area (Å²) in [5, 5.41) is 7.90. The number of ether oxygens (including phenoxy) is 2. The molecule has 0 aliphatic carbocycles. The molecule has 0 spiro atoms. The third-order valence-electron chi connectivity index (χ3n) is 8.41. The van der Waals surface area contributed by atoms with Crippen molar-refractivity contribution in [2.45, 2.75) is 71.1 Å². The maximum Gasteiger partial charge on any atom is 0.347 e. The quantitative estimate of drug-likeness (QED) is 0.0869. The van der Waals surface area contributed by atoms with Gasteiger partial charge in [-0.1, -0.05) is 105 Å². The topological polar surface area (TPSA) is 163 Å². The van der Waals surface area contributed by atoms with Gasteiger partial charge in [0.15, 0.2) is 0 Å². The highest BCUT2D eigenvalue weighted by molar-refractivity contribution is 7.52. The van der Waals surface area contributed by atoms with E-state index in [0.29, 0.717) is 42.3 Å². The molecule has 0 fully saturated rings. The second-order valence-electron chi connectivity index (χ2n) is 12.5. The summed E-state index contributed by atoms with van der Waals surface area (Å²) in [5.74, 6) is -2.41. The van der Waals surface area contributed by atoms with E-state index < -0.39 is 43.2 Å². The number of benzene rings is 4. The first-order chi connectivity index (χ1) is 24.4. The fourth-order valence-electron chi connectivity index (χ4n) is 5.29. The highest BCUT2D eigenvalue weighted by Gasteiger charge is 2.35. The molecule has 4 aromatic rings. The summed E-state index contributed by atoms with van der Waals surface area (Å²) in [6.07, 6.45) is 0.408. The Balaban J connectivity index is 1.49. The van der Waals surface area contributed by atoms with E-state index in [1.807, 2.05) is 74.5 Å². The van der Waals surface area contributed by atoms with Gasteiger partial charge in [-0.15, -0.1) is 0 Å². The zero-order valence-corrected chi connectivity index (χ0v) is 29.9. The average molecular weight is 716 g/mol. The molecular formula is C39H46N3O8P. The summed E-state index contributed by atoms with van der Waals surface area (Å²) in [4.78, 5) is 59.8. The van der Waals surface area contributed by atoms with Gasteiger partial charge in [-0.3, -0.25) is 18.9 Å². The third-order valence-corrected chi connectivity index (χ3v) is 9.54. The maximum atomic E-state index is 13.8. The predicted molar refractivity (Wildman–Crippen MR) is 195 cm³/mol. The minimum Gasteiger partial charge on any atom is -0.489 e. The van der Waals surface area contributed by atoms with Crippen LogP contribution in [0.4, 0.5) is 0 Å². The van der Waals surface area contributed by atoms with Crippen LogP contribution < -0.4 is 25.4 Å². The molecule has 0 radical (unpaired) electrons. The predicted octanol–water partition coefficient (Wildman–Crippen LogP) is 5.29. The third kappa shape index (κ3) is 12.7. The van der Waals surface area contributed by atoms with E-state index in [2.05, 4.69) is 16.0 Å². The Morgan fingerprint density at radius 2 is 1.12 bits per heavy atom. The first kappa shape index (κ1) is 38.8. The maximum absolute atomic E-state index is 13.8. The molecule has 4 atom stereocenters. The normalized spacial score (nSPS) is 13.6. The van der Waals surface area contributed by atoms with Crippen molar-refractivity contribution in [3.05, 3.63) is 131 Å². The minimum absolute atomic E-state index is 0.00512. The number of carbonyl (C=O) groups is 3. The number of amides is 3. The molecule has 0 aliphatic rings. The summed E-state index contributed by atoms with van der Waals surface area (Å²) < 4.78 is 24.4. The van der Waals surface area contributed by atoms with Crippen molar-refractivity contribution < 1.29 is 38.2 Å². The van der Waals surface area contributed by atoms with Crippen molar-refractivity contribution in [1.29, 1.82) is 0 Å². The van der Waals surface area contributed by atoms with Crippen LogP contribution in [0.5, 0.6) is 11.5 Å². The minimum atomic E-state index is -4.86. The highest BCUT2D eigenvalue weighted by Crippen LogP contribution is 2.41. The Morgan fingerprint density at radius 1 is 0.647 bits per heavy atom. The van der Waals surface area contributed by atoms with Crippen LogP contribution in [0.25, 0.3) is 0 Å². The van der Waals surface area contributed by atoms with Gasteiger partial charge in [-0.25, -0.2) is 0 Å². The van der Waals surface area contributed by atoms with Crippen LogP contribution in [0.1, 0.15) is 49.4 Å². The zero-order chi connectivity index (χ0) is 36.8. The van der Waals surface area contributed by atoms with E-state index >= 15 is 0 Å². The smallest absolute Gasteiger partial charge is 0.347 e. The van der Waals surface area contributed by atoms with Crippen LogP contribution in [0.2, 0.25) is 0 Å². The van der Waals surface area contributed by atoms with Gasteiger partial charge in [0.05, 0.1) is 0 Å². The molecule has 51 heavy (non-hydrogen) atoms. The molecule has 0 saturated carbocycles. The fraction of sp³-hybridized carbons (Fsp3) is 0.308. The molecule has 0 aliphatic heterocycles. The summed E-state index contributed by atoms with van der Waals surface area (Å²) in [5.41, 5.74) is 3.22. The summed E-state index contributed by atoms with van der Waals surface area (Å²) in [7, 11) is -4.86. The molecule has 11 nitrogen and oxygen atoms in total. The van der Waals surface area contributed by atoms with Gasteiger partial charge in [0.2, 0.25) is 17.7 Å². The standard InChI is InChI=1S/C39H46N3O8P/c1-4-27(2)37(40-28(3)43)39(45)41-35(23-29-15-19-33(20-16-29)49-25-31-11-7-5-8-12-31)38(44)42-36(51(46,47)48)24-30-17-21-34(22-18-30)50-26-32-13-9-6-10-14-32/h5-22,27,35-37H,4,23-26H2,1-3H3,(H,40,43)(H,41,45)(H,42,44)(H2,46,47,48)/t27-,35-,36+,37-/m0/s1. The van der Waals surface area contributed by atoms with Crippen LogP contribution in [0.3, 0.4) is 0 Å². The van der Waals surface area contributed by atoms with Gasteiger partial charge in [-0.05, 0) is 52.4 Å². The number of carbonyl (C=O) groups excluding carboxylic acids is 3. The molecule has 0 saturated heterocycles. The Kier molecular flexibility index (Phi) is 14.4. The van der Waals surface area contributed by atoms with Crippen molar-refractivity contribution in [3.8, 4) is 11.5 Å². The molecule has 3 amide bonds. The summed E-state index contributed by atoms with van der Waals surface area (Å²) >= 11 is 0. The van der Waals surface area contributed by atoms with E-state index in [0.717, 1.165) is 11.1 Å². The summed E-state index contributed by atoms with van der Waals surface area (Å²) in [6, 6.07) is 31.0. The first-order valence-corrected chi connectivity index (χ1v) is 18.5. The van der Waals surface area contributed by atoms with Crippen molar-refractivity contribution in [3.63, 3.8) is 0 Å². The van der Waals surface area contributed by atoms with Crippen molar-refractivity contribution >= 4 is 25.3 Å². The lowest BCUT2D eigenvalue weighted by molar-refractivity contribution is -0.132. The second kappa shape index (κ2) is 18.9. The second-order valence-corrected chi connectivity index (χ2v) is 14.3. The Bertz CT molecular complexity index is 1750. The SMILES string of the molecule is CC[C@H](C)[C@H](NC(C)=O)C(=O)N[C@@H](Cc1ccc(OCc2ccccc2)cc1)C(=O)N[C@@H](Cc1ccc(OCc2ccccc2)cc1)P(=O)(O)O. The number of hydrogen-bond donors (Lipinski definition) is 5. The molecule has 4 aromatic carbocycles. The van der Waals surface area contributed by atoms with Crippen LogP contribution in [-0.4, -0.2) is 45.4 Å². The average Bonchev–Trinajstić information content (AvgIpc) is 3.12. The molecule has 5 N–H and O–H groups in total. The van der Waals surface area contributed by atoms with Crippen LogP contribution in [0.15, 0.2) is 109 Å². The van der Waals surface area contributed by atoms with Gasteiger partial charge in [0, 0.05) is 19.8 Å². The van der Waals surface area contributed by atoms with Crippen molar-refractivity contribution in [2.24, 2.45) is 5.92 Å². The van der Waals surface area contributed by atoms with Crippen molar-refractivity contribution in [1.82, 2.24) is 16.0 Å². The monoisotopic (exact) mass is 715 g/mol. The fourth-order valence-corrected chi connectivity index (χ4v) is 6.04. The molecule has 270 valence electrons. The Labute approximate surface area is 298 Å². The highest BCUT2D eigenvalue weighted by atomic mass is 31.2. The first-order valence-electron chi connectivity index (χ1n) is 16.9. The van der Waals surface area contributed by atoms with Gasteiger partial charge in [-0.2, -0.15) is 0 Å². The van der Waals surface area contributed by atoms with Crippen molar-refractivity contribution in [2.75, 3.05) is 0 Å². The van der Waals surface area contributed by atoms with E-state index in [1.165, 1.54) is 6.92 Å². The number of rotatable bonds is 18. The van der Waals surface area contributed by atoms with Gasteiger partial charge in [0.1, 0.15) is 42.6 Å². The van der Waals surface area contributed by atoms with Gasteiger partial charge >= 0.3 is 7.60 Å². The van der Waals surface area contributed by atoms with Crippen LogP contribution in [-0.2, 0) is 45.0 Å². The van der Waals surface area contributed by atoms with E-state index in [4.69, 9.17) is 9.47 Å². The molecule has 0 heterocycles. The van der Waals surface area contributed by atoms with Crippen LogP contribution >= 0.6 is 7.60 Å². The number of nitrogens with one attached hydrogen (secondary N) is 3. The lowest BCUT2D eigenvalue weighted by Gasteiger charge is -2.28. The molecule has 4 rings (SSSR count). The number of hydrogen-bond acceptors (Lipinski definition) is 6. The Morgan fingerprint density at radius 3 is 1.55 bits per heavy atom. The lowest BCUT2D eigenvalue weighted by Crippen LogP contribution is -2.57. The molecule has 12 heteroatoms.